The summed E-state index contributed by atoms with van der Waals surface area (Å²) in [6.45, 7) is -0.883. The molecule has 0 spiro atoms. The predicted molar refractivity (Wildman–Crippen MR) is 148 cm³/mol. The predicted octanol–water partition coefficient (Wildman–Crippen LogP) is 4.23. The van der Waals surface area contributed by atoms with Crippen LogP contribution in [0.3, 0.4) is 0 Å². The molecule has 0 saturated carbocycles. The molecule has 1 aliphatic rings. The number of anilines is 3. The van der Waals surface area contributed by atoms with Gasteiger partial charge in [-0.1, -0.05) is 6.07 Å². The van der Waals surface area contributed by atoms with Crippen molar-refractivity contribution in [3.8, 4) is 5.75 Å². The normalized spacial score (nSPS) is 12.2. The van der Waals surface area contributed by atoms with Gasteiger partial charge in [0.1, 0.15) is 24.0 Å². The van der Waals surface area contributed by atoms with E-state index in [0.717, 1.165) is 6.07 Å². The molecule has 2 heterocycles. The number of hydrogen-bond donors (Lipinski definition) is 5. The highest BCUT2D eigenvalue weighted by atomic mass is 32.1. The van der Waals surface area contributed by atoms with Crippen LogP contribution in [0, 0.1) is 11.6 Å². The third kappa shape index (κ3) is 5.94. The summed E-state index contributed by atoms with van der Waals surface area (Å²) in [6, 6.07) is 11.5. The first-order valence-corrected chi connectivity index (χ1v) is 13.3. The second kappa shape index (κ2) is 11.8. The second-order valence-electron chi connectivity index (χ2n) is 9.14. The van der Waals surface area contributed by atoms with Crippen molar-refractivity contribution in [1.29, 1.82) is 0 Å². The number of amides is 2. The summed E-state index contributed by atoms with van der Waals surface area (Å²) in [5.41, 5.74) is 1.50. The zero-order valence-electron chi connectivity index (χ0n) is 21.2. The Balaban J connectivity index is 1.37. The zero-order chi connectivity index (χ0) is 29.1. The van der Waals surface area contributed by atoms with Gasteiger partial charge < -0.3 is 30.9 Å². The molecule has 3 aromatic carbocycles. The number of aliphatic hydroxyl groups is 2. The third-order valence-corrected chi connectivity index (χ3v) is 7.05. The van der Waals surface area contributed by atoms with Crippen LogP contribution >= 0.6 is 11.3 Å². The van der Waals surface area contributed by atoms with Crippen molar-refractivity contribution in [3.63, 3.8) is 0 Å². The summed E-state index contributed by atoms with van der Waals surface area (Å²) in [7, 11) is 0. The Morgan fingerprint density at radius 1 is 0.902 bits per heavy atom. The summed E-state index contributed by atoms with van der Waals surface area (Å²) >= 11 is 1.31. The van der Waals surface area contributed by atoms with Crippen molar-refractivity contribution >= 4 is 46.0 Å². The minimum absolute atomic E-state index is 0.0129. The molecule has 1 aliphatic heterocycles. The number of benzene rings is 3. The van der Waals surface area contributed by atoms with Crippen molar-refractivity contribution in [2.45, 2.75) is 12.6 Å². The summed E-state index contributed by atoms with van der Waals surface area (Å²) in [5.74, 6) is -3.14. The van der Waals surface area contributed by atoms with E-state index in [1.807, 2.05) is 0 Å². The molecule has 5 rings (SSSR count). The summed E-state index contributed by atoms with van der Waals surface area (Å²) in [5, 5.41) is 29.5. The summed E-state index contributed by atoms with van der Waals surface area (Å²) < 4.78 is 34.9. The van der Waals surface area contributed by atoms with Crippen LogP contribution in [-0.4, -0.2) is 47.1 Å². The molecule has 0 bridgehead atoms. The first-order chi connectivity index (χ1) is 19.8. The maximum Gasteiger partial charge on any atom is 0.256 e. The molecular weight excluding hydrogens is 556 g/mol. The van der Waals surface area contributed by atoms with Crippen molar-refractivity contribution in [2.75, 3.05) is 23.8 Å². The average molecular weight is 580 g/mol. The monoisotopic (exact) mass is 579 g/mol. The molecule has 41 heavy (non-hydrogen) atoms. The molecular formula is C29H23F2N3O6S. The van der Waals surface area contributed by atoms with Crippen molar-refractivity contribution in [2.24, 2.45) is 0 Å². The van der Waals surface area contributed by atoms with Crippen LogP contribution in [0.1, 0.15) is 42.2 Å². The topological polar surface area (TPSA) is 137 Å². The lowest BCUT2D eigenvalue weighted by Gasteiger charge is -2.14. The van der Waals surface area contributed by atoms with Gasteiger partial charge in [-0.15, -0.1) is 0 Å². The van der Waals surface area contributed by atoms with Gasteiger partial charge >= 0.3 is 0 Å². The van der Waals surface area contributed by atoms with Crippen LogP contribution in [0.2, 0.25) is 0 Å². The molecule has 0 unspecified atom stereocenters. The van der Waals surface area contributed by atoms with Crippen molar-refractivity contribution < 1.29 is 38.1 Å². The quantitative estimate of drug-likeness (QED) is 0.211. The highest BCUT2D eigenvalue weighted by molar-refractivity contribution is 7.08. The van der Waals surface area contributed by atoms with Gasteiger partial charge in [-0.2, -0.15) is 11.3 Å². The number of carbonyl (C=O) groups is 3. The Morgan fingerprint density at radius 3 is 2.41 bits per heavy atom. The number of ketones is 1. The summed E-state index contributed by atoms with van der Waals surface area (Å²) in [4.78, 5) is 38.3. The fraction of sp³-hybridized carbons (Fsp3) is 0.138. The van der Waals surface area contributed by atoms with Crippen LogP contribution in [-0.2, 0) is 6.61 Å². The Hall–Kier alpha value is -4.65. The highest BCUT2D eigenvalue weighted by Gasteiger charge is 2.25. The van der Waals surface area contributed by atoms with E-state index in [-0.39, 0.29) is 40.4 Å². The lowest BCUT2D eigenvalue weighted by Crippen LogP contribution is -2.40. The minimum Gasteiger partial charge on any atom is -0.488 e. The average Bonchev–Trinajstić information content (AvgIpc) is 3.48. The number of rotatable bonds is 8. The number of halogens is 2. The molecule has 12 heteroatoms. The van der Waals surface area contributed by atoms with Crippen LogP contribution in [0.15, 0.2) is 65.4 Å². The largest absolute Gasteiger partial charge is 0.488 e. The molecule has 4 aromatic rings. The van der Waals surface area contributed by atoms with E-state index >= 15 is 0 Å². The van der Waals surface area contributed by atoms with Gasteiger partial charge in [-0.3, -0.25) is 14.4 Å². The molecule has 0 atom stereocenters. The van der Waals surface area contributed by atoms with Crippen LogP contribution in [0.5, 0.6) is 5.75 Å². The van der Waals surface area contributed by atoms with E-state index in [0.29, 0.717) is 22.9 Å². The fourth-order valence-electron chi connectivity index (χ4n) is 4.16. The number of aliphatic hydroxyl groups excluding tert-OH is 2. The van der Waals surface area contributed by atoms with E-state index in [4.69, 9.17) is 4.74 Å². The Morgan fingerprint density at radius 2 is 1.68 bits per heavy atom. The molecule has 210 valence electrons. The smallest absolute Gasteiger partial charge is 0.256 e. The molecule has 0 aliphatic carbocycles. The lowest BCUT2D eigenvalue weighted by molar-refractivity contribution is 0.0879. The zero-order valence-corrected chi connectivity index (χ0v) is 22.1. The van der Waals surface area contributed by atoms with E-state index in [9.17, 15) is 33.4 Å². The fourth-order valence-corrected chi connectivity index (χ4v) is 4.80. The summed E-state index contributed by atoms with van der Waals surface area (Å²) in [6.07, 6.45) is 0. The number of thiophene rings is 1. The number of fused-ring (bicyclic) bond motifs is 2. The van der Waals surface area contributed by atoms with Gasteiger partial charge in [0.25, 0.3) is 11.8 Å². The van der Waals surface area contributed by atoms with Crippen LogP contribution < -0.4 is 20.7 Å². The number of nitrogens with one attached hydrogen (secondary N) is 3. The first kappa shape index (κ1) is 27.9. The van der Waals surface area contributed by atoms with Crippen LogP contribution in [0.4, 0.5) is 25.8 Å². The molecule has 2 amide bonds. The van der Waals surface area contributed by atoms with Crippen molar-refractivity contribution in [3.05, 3.63) is 105 Å². The first-order valence-electron chi connectivity index (χ1n) is 12.3. The minimum atomic E-state index is -0.943. The highest BCUT2D eigenvalue weighted by Crippen LogP contribution is 2.34. The van der Waals surface area contributed by atoms with E-state index in [2.05, 4.69) is 16.0 Å². The van der Waals surface area contributed by atoms with Gasteiger partial charge in [0, 0.05) is 39.9 Å². The molecule has 1 aromatic heterocycles. The maximum absolute atomic E-state index is 14.6. The molecule has 5 N–H and O–H groups in total. The van der Waals surface area contributed by atoms with Gasteiger partial charge in [-0.25, -0.2) is 8.78 Å². The van der Waals surface area contributed by atoms with Crippen LogP contribution in [0.25, 0.3) is 0 Å². The van der Waals surface area contributed by atoms with Gasteiger partial charge in [0.2, 0.25) is 0 Å². The van der Waals surface area contributed by atoms with Gasteiger partial charge in [-0.05, 0) is 41.8 Å². The Labute approximate surface area is 236 Å². The van der Waals surface area contributed by atoms with Gasteiger partial charge in [0.05, 0.1) is 41.8 Å². The Bertz CT molecular complexity index is 1640. The van der Waals surface area contributed by atoms with Gasteiger partial charge in [0.15, 0.2) is 5.78 Å². The van der Waals surface area contributed by atoms with E-state index in [1.165, 1.54) is 41.7 Å². The molecule has 0 fully saturated rings. The Kier molecular flexibility index (Phi) is 8.06. The maximum atomic E-state index is 14.6. The standard InChI is InChI=1S/C29H23F2N3O6S/c30-22-9-23(31)25(34-29(39)17-5-6-41-14-17)10-24(22)32-18-3-4-20-26(8-18)40-13-16-2-1-15(7-21(16)27(20)37)28(38)33-19(11-35)12-36/h1-10,14,19,32,35-36H,11-13H2,(H,33,38)(H,34,39). The van der Waals surface area contributed by atoms with E-state index in [1.54, 1.807) is 22.9 Å². The number of ether oxygens (including phenoxy) is 1. The number of carbonyl (C=O) groups excluding carboxylic acids is 3. The third-order valence-electron chi connectivity index (χ3n) is 6.37. The second-order valence-corrected chi connectivity index (χ2v) is 9.92. The molecule has 0 saturated heterocycles. The molecule has 0 radical (unpaired) electrons. The number of hydrogen-bond acceptors (Lipinski definition) is 8. The SMILES string of the molecule is O=C(Nc1cc(Nc2ccc3c(c2)OCc2ccc(C(=O)NC(CO)CO)cc2C3=O)c(F)cc1F)c1ccsc1. The molecule has 9 nitrogen and oxygen atoms in total. The van der Waals surface area contributed by atoms with Crippen molar-refractivity contribution in [1.82, 2.24) is 5.32 Å². The van der Waals surface area contributed by atoms with E-state index < -0.39 is 48.5 Å². The lowest BCUT2D eigenvalue weighted by atomic mass is 9.96.